The van der Waals surface area contributed by atoms with Crippen LogP contribution in [0.15, 0.2) is 18.2 Å². The molecule has 5 heteroatoms. The first-order valence-electron chi connectivity index (χ1n) is 5.88. The predicted molar refractivity (Wildman–Crippen MR) is 70.9 cm³/mol. The summed E-state index contributed by atoms with van der Waals surface area (Å²) in [5.41, 5.74) is 5.78. The van der Waals surface area contributed by atoms with E-state index in [4.69, 9.17) is 17.3 Å². The molecule has 1 unspecified atom stereocenters. The third kappa shape index (κ3) is 3.96. The molecule has 0 radical (unpaired) electrons. The molecule has 0 spiro atoms. The maximum Gasteiger partial charge on any atom is 0.224 e. The lowest BCUT2D eigenvalue weighted by Gasteiger charge is -2.20. The molecule has 3 N–H and O–H groups in total. The molecule has 0 heterocycles. The lowest BCUT2D eigenvalue weighted by Crippen LogP contribution is -2.44. The average molecular weight is 273 g/mol. The number of hydrogen-bond donors (Lipinski definition) is 2. The van der Waals surface area contributed by atoms with Crippen LogP contribution >= 0.6 is 11.6 Å². The summed E-state index contributed by atoms with van der Waals surface area (Å²) in [4.78, 5) is 11.8. The van der Waals surface area contributed by atoms with Crippen LogP contribution in [0.2, 0.25) is 5.02 Å². The predicted octanol–water partition coefficient (Wildman–Crippen LogP) is 2.12. The number of benzene rings is 1. The summed E-state index contributed by atoms with van der Waals surface area (Å²) in [6, 6.07) is 4.26. The SMILES string of the molecule is CC(C)C(CN)NC(=O)Cc1c(F)cccc1Cl. The topological polar surface area (TPSA) is 55.1 Å². The highest BCUT2D eigenvalue weighted by Crippen LogP contribution is 2.19. The number of amides is 1. The van der Waals surface area contributed by atoms with Crippen molar-refractivity contribution in [1.29, 1.82) is 0 Å². The zero-order valence-corrected chi connectivity index (χ0v) is 11.3. The summed E-state index contributed by atoms with van der Waals surface area (Å²) in [6.45, 7) is 4.29. The normalized spacial score (nSPS) is 12.6. The Kier molecular flexibility index (Phi) is 5.56. The van der Waals surface area contributed by atoms with Gasteiger partial charge in [0.05, 0.1) is 6.42 Å². The van der Waals surface area contributed by atoms with Crippen molar-refractivity contribution in [3.63, 3.8) is 0 Å². The van der Waals surface area contributed by atoms with Gasteiger partial charge < -0.3 is 11.1 Å². The number of carbonyl (C=O) groups excluding carboxylic acids is 1. The summed E-state index contributed by atoms with van der Waals surface area (Å²) in [6.07, 6.45) is -0.0747. The summed E-state index contributed by atoms with van der Waals surface area (Å²) < 4.78 is 13.5. The maximum atomic E-state index is 13.5. The van der Waals surface area contributed by atoms with E-state index in [0.717, 1.165) is 0 Å². The minimum absolute atomic E-state index is 0.0747. The molecule has 0 bridgehead atoms. The van der Waals surface area contributed by atoms with E-state index in [1.165, 1.54) is 12.1 Å². The molecule has 1 amide bonds. The zero-order chi connectivity index (χ0) is 13.7. The van der Waals surface area contributed by atoms with Gasteiger partial charge in [0.25, 0.3) is 0 Å². The number of hydrogen-bond acceptors (Lipinski definition) is 2. The largest absolute Gasteiger partial charge is 0.352 e. The van der Waals surface area contributed by atoms with E-state index in [0.29, 0.717) is 6.54 Å². The van der Waals surface area contributed by atoms with Gasteiger partial charge in [-0.2, -0.15) is 0 Å². The minimum Gasteiger partial charge on any atom is -0.352 e. The van der Waals surface area contributed by atoms with E-state index in [2.05, 4.69) is 5.32 Å². The first-order valence-corrected chi connectivity index (χ1v) is 6.25. The van der Waals surface area contributed by atoms with Crippen LogP contribution in [-0.4, -0.2) is 18.5 Å². The van der Waals surface area contributed by atoms with Gasteiger partial charge >= 0.3 is 0 Å². The van der Waals surface area contributed by atoms with Crippen molar-refractivity contribution >= 4 is 17.5 Å². The molecule has 0 aliphatic carbocycles. The van der Waals surface area contributed by atoms with Gasteiger partial charge in [0.15, 0.2) is 0 Å². The molecule has 18 heavy (non-hydrogen) atoms. The van der Waals surface area contributed by atoms with Crippen LogP contribution in [0.4, 0.5) is 4.39 Å². The molecule has 100 valence electrons. The van der Waals surface area contributed by atoms with E-state index in [1.54, 1.807) is 6.07 Å². The van der Waals surface area contributed by atoms with Crippen LogP contribution in [0.1, 0.15) is 19.4 Å². The van der Waals surface area contributed by atoms with Crippen molar-refractivity contribution in [2.45, 2.75) is 26.3 Å². The number of nitrogens with two attached hydrogens (primary N) is 1. The van der Waals surface area contributed by atoms with Crippen molar-refractivity contribution in [1.82, 2.24) is 5.32 Å². The van der Waals surface area contributed by atoms with Gasteiger partial charge in [0.1, 0.15) is 5.82 Å². The van der Waals surface area contributed by atoms with Crippen molar-refractivity contribution in [2.75, 3.05) is 6.54 Å². The second-order valence-corrected chi connectivity index (χ2v) is 4.94. The Morgan fingerprint density at radius 3 is 2.67 bits per heavy atom. The summed E-state index contributed by atoms with van der Waals surface area (Å²) in [5.74, 6) is -0.507. The molecular weight excluding hydrogens is 255 g/mol. The van der Waals surface area contributed by atoms with Crippen LogP contribution in [0, 0.1) is 11.7 Å². The number of halogens is 2. The second kappa shape index (κ2) is 6.71. The van der Waals surface area contributed by atoms with Gasteiger partial charge in [0, 0.05) is 23.2 Å². The fourth-order valence-corrected chi connectivity index (χ4v) is 1.85. The summed E-state index contributed by atoms with van der Waals surface area (Å²) >= 11 is 5.86. The van der Waals surface area contributed by atoms with E-state index in [-0.39, 0.29) is 34.9 Å². The molecule has 1 atom stereocenters. The molecule has 0 fully saturated rings. The lowest BCUT2D eigenvalue weighted by atomic mass is 10.0. The first kappa shape index (κ1) is 14.9. The van der Waals surface area contributed by atoms with Gasteiger partial charge in [0.2, 0.25) is 5.91 Å². The molecular formula is C13H18ClFN2O. The third-order valence-electron chi connectivity index (χ3n) is 2.80. The van der Waals surface area contributed by atoms with Crippen molar-refractivity contribution in [2.24, 2.45) is 11.7 Å². The maximum absolute atomic E-state index is 13.5. The number of carbonyl (C=O) groups is 1. The Bertz CT molecular complexity index is 403. The van der Waals surface area contributed by atoms with Gasteiger partial charge in [-0.15, -0.1) is 0 Å². The Labute approximate surface area is 112 Å². The summed E-state index contributed by atoms with van der Waals surface area (Å²) in [7, 11) is 0. The second-order valence-electron chi connectivity index (χ2n) is 4.53. The van der Waals surface area contributed by atoms with Crippen LogP contribution in [0.25, 0.3) is 0 Å². The molecule has 0 aromatic heterocycles. The van der Waals surface area contributed by atoms with Crippen molar-refractivity contribution < 1.29 is 9.18 Å². The zero-order valence-electron chi connectivity index (χ0n) is 10.5. The molecule has 0 saturated carbocycles. The monoisotopic (exact) mass is 272 g/mol. The van der Waals surface area contributed by atoms with Crippen LogP contribution < -0.4 is 11.1 Å². The van der Waals surface area contributed by atoms with Crippen molar-refractivity contribution in [3.05, 3.63) is 34.6 Å². The van der Waals surface area contributed by atoms with Gasteiger partial charge in [-0.05, 0) is 18.1 Å². The molecule has 0 saturated heterocycles. The fraction of sp³-hybridized carbons (Fsp3) is 0.462. The Balaban J connectivity index is 2.70. The fourth-order valence-electron chi connectivity index (χ4n) is 1.62. The Morgan fingerprint density at radius 1 is 1.50 bits per heavy atom. The first-order chi connectivity index (χ1) is 8.45. The highest BCUT2D eigenvalue weighted by Gasteiger charge is 2.17. The van der Waals surface area contributed by atoms with Crippen LogP contribution in [0.3, 0.4) is 0 Å². The highest BCUT2D eigenvalue weighted by atomic mass is 35.5. The molecule has 1 rings (SSSR count). The van der Waals surface area contributed by atoms with Crippen molar-refractivity contribution in [3.8, 4) is 0 Å². The van der Waals surface area contributed by atoms with E-state index < -0.39 is 5.82 Å². The average Bonchev–Trinajstić information content (AvgIpc) is 2.30. The molecule has 0 aliphatic heterocycles. The van der Waals surface area contributed by atoms with E-state index in [1.807, 2.05) is 13.8 Å². The standard InChI is InChI=1S/C13H18ClFN2O/c1-8(2)12(7-16)17-13(18)6-9-10(14)4-3-5-11(9)15/h3-5,8,12H,6-7,16H2,1-2H3,(H,17,18). The Hall–Kier alpha value is -1.13. The number of nitrogens with one attached hydrogen (secondary N) is 1. The molecule has 3 nitrogen and oxygen atoms in total. The van der Waals surface area contributed by atoms with E-state index in [9.17, 15) is 9.18 Å². The van der Waals surface area contributed by atoms with Crippen LogP contribution in [-0.2, 0) is 11.2 Å². The summed E-state index contributed by atoms with van der Waals surface area (Å²) in [5, 5.41) is 3.04. The third-order valence-corrected chi connectivity index (χ3v) is 3.16. The van der Waals surface area contributed by atoms with E-state index >= 15 is 0 Å². The Morgan fingerprint density at radius 2 is 2.17 bits per heavy atom. The lowest BCUT2D eigenvalue weighted by molar-refractivity contribution is -0.121. The molecule has 1 aromatic carbocycles. The highest BCUT2D eigenvalue weighted by molar-refractivity contribution is 6.31. The molecule has 1 aromatic rings. The van der Waals surface area contributed by atoms with Gasteiger partial charge in [-0.3, -0.25) is 4.79 Å². The smallest absolute Gasteiger partial charge is 0.224 e. The quantitative estimate of drug-likeness (QED) is 0.863. The van der Waals surface area contributed by atoms with Crippen LogP contribution in [0.5, 0.6) is 0 Å². The minimum atomic E-state index is -0.466. The molecule has 0 aliphatic rings. The van der Waals surface area contributed by atoms with Gasteiger partial charge in [-0.1, -0.05) is 31.5 Å². The van der Waals surface area contributed by atoms with Gasteiger partial charge in [-0.25, -0.2) is 4.39 Å². The number of rotatable bonds is 5.